The Labute approximate surface area is 67.8 Å². The Morgan fingerprint density at radius 3 is 2.55 bits per heavy atom. The lowest BCUT2D eigenvalue weighted by Crippen LogP contribution is -1.99. The summed E-state index contributed by atoms with van der Waals surface area (Å²) in [5.41, 5.74) is 5.45. The van der Waals surface area contributed by atoms with Crippen LogP contribution in [0.5, 0.6) is 0 Å². The molecule has 0 radical (unpaired) electrons. The van der Waals surface area contributed by atoms with Gasteiger partial charge in [0.15, 0.2) is 0 Å². The molecule has 0 aliphatic carbocycles. The van der Waals surface area contributed by atoms with Crippen LogP contribution in [0.4, 0.5) is 8.78 Å². The van der Waals surface area contributed by atoms with E-state index in [1.807, 2.05) is 0 Å². The van der Waals surface area contributed by atoms with Crippen LogP contribution in [-0.4, -0.2) is 0 Å². The van der Waals surface area contributed by atoms with Crippen molar-refractivity contribution in [1.29, 1.82) is 0 Å². The third-order valence-corrected chi connectivity index (χ3v) is 1.71. The molecule has 0 atom stereocenters. The molecule has 60 valence electrons. The number of halogens is 3. The summed E-state index contributed by atoms with van der Waals surface area (Å²) in [7, 11) is 0. The van der Waals surface area contributed by atoms with E-state index in [2.05, 4.69) is 0 Å². The Hall–Kier alpha value is -0.670. The van der Waals surface area contributed by atoms with Gasteiger partial charge in [0.2, 0.25) is 0 Å². The number of hydrogen-bond acceptors (Lipinski definition) is 1. The molecule has 0 aromatic heterocycles. The number of hydrogen-bond donors (Lipinski definition) is 1. The van der Waals surface area contributed by atoms with Gasteiger partial charge in [0, 0.05) is 12.6 Å². The molecule has 0 heterocycles. The Morgan fingerprint density at radius 1 is 1.36 bits per heavy atom. The van der Waals surface area contributed by atoms with E-state index in [4.69, 9.17) is 17.3 Å². The molecule has 0 unspecified atom stereocenters. The fourth-order valence-corrected chi connectivity index (χ4v) is 0.944. The van der Waals surface area contributed by atoms with Crippen molar-refractivity contribution < 1.29 is 8.78 Å². The van der Waals surface area contributed by atoms with Crippen molar-refractivity contribution in [2.75, 3.05) is 0 Å². The largest absolute Gasteiger partial charge is 0.326 e. The molecule has 1 nitrogen and oxygen atoms in total. The fraction of sp³-hybridized carbons (Fsp3) is 0.143. The molecule has 0 fully saturated rings. The topological polar surface area (TPSA) is 26.0 Å². The van der Waals surface area contributed by atoms with Crippen LogP contribution in [0.2, 0.25) is 5.02 Å². The highest BCUT2D eigenvalue weighted by Crippen LogP contribution is 2.20. The first-order chi connectivity index (χ1) is 5.15. The Balaban J connectivity index is 3.24. The van der Waals surface area contributed by atoms with Crippen LogP contribution in [0.1, 0.15) is 5.56 Å². The van der Waals surface area contributed by atoms with Gasteiger partial charge in [-0.1, -0.05) is 11.6 Å². The predicted octanol–water partition coefficient (Wildman–Crippen LogP) is 2.08. The van der Waals surface area contributed by atoms with E-state index in [1.54, 1.807) is 0 Å². The molecule has 0 amide bonds. The Kier molecular flexibility index (Phi) is 2.42. The quantitative estimate of drug-likeness (QED) is 0.653. The molecule has 11 heavy (non-hydrogen) atoms. The second-order valence-corrected chi connectivity index (χ2v) is 2.44. The van der Waals surface area contributed by atoms with Gasteiger partial charge in [-0.05, 0) is 11.6 Å². The summed E-state index contributed by atoms with van der Waals surface area (Å²) in [6.45, 7) is 0.0352. The molecule has 0 saturated carbocycles. The van der Waals surface area contributed by atoms with Gasteiger partial charge in [0.1, 0.15) is 11.6 Å². The monoisotopic (exact) mass is 177 g/mol. The highest BCUT2D eigenvalue weighted by atomic mass is 35.5. The average molecular weight is 178 g/mol. The molecule has 0 spiro atoms. The van der Waals surface area contributed by atoms with Gasteiger partial charge >= 0.3 is 0 Å². The lowest BCUT2D eigenvalue weighted by atomic mass is 10.2. The van der Waals surface area contributed by atoms with Crippen molar-refractivity contribution in [3.05, 3.63) is 34.4 Å². The molecule has 1 rings (SSSR count). The first-order valence-corrected chi connectivity index (χ1v) is 3.36. The minimum atomic E-state index is -0.771. The molecule has 0 aliphatic rings. The molecular formula is C7H6ClF2N. The van der Waals surface area contributed by atoms with E-state index in [1.165, 1.54) is 0 Å². The van der Waals surface area contributed by atoms with E-state index >= 15 is 0 Å². The zero-order valence-corrected chi connectivity index (χ0v) is 6.33. The Morgan fingerprint density at radius 2 is 2.00 bits per heavy atom. The first kappa shape index (κ1) is 8.43. The zero-order valence-electron chi connectivity index (χ0n) is 5.57. The average Bonchev–Trinajstić information content (AvgIpc) is 1.96. The maximum absolute atomic E-state index is 12.6. The number of rotatable bonds is 1. The van der Waals surface area contributed by atoms with Crippen molar-refractivity contribution in [2.24, 2.45) is 5.73 Å². The van der Waals surface area contributed by atoms with Crippen LogP contribution < -0.4 is 5.73 Å². The smallest absolute Gasteiger partial charge is 0.145 e. The summed E-state index contributed by atoms with van der Waals surface area (Å²) in [5, 5.41) is -0.103. The summed E-state index contributed by atoms with van der Waals surface area (Å²) < 4.78 is 25.0. The third kappa shape index (κ3) is 1.67. The van der Waals surface area contributed by atoms with Gasteiger partial charge in [0.05, 0.1) is 5.02 Å². The van der Waals surface area contributed by atoms with Gasteiger partial charge in [-0.15, -0.1) is 0 Å². The van der Waals surface area contributed by atoms with Crippen LogP contribution in [-0.2, 0) is 6.54 Å². The second-order valence-electron chi connectivity index (χ2n) is 2.06. The Bertz CT molecular complexity index is 275. The van der Waals surface area contributed by atoms with E-state index in [0.717, 1.165) is 12.1 Å². The first-order valence-electron chi connectivity index (χ1n) is 2.98. The van der Waals surface area contributed by atoms with Crippen LogP contribution in [0.3, 0.4) is 0 Å². The van der Waals surface area contributed by atoms with Crippen LogP contribution in [0.25, 0.3) is 0 Å². The van der Waals surface area contributed by atoms with Gasteiger partial charge in [0.25, 0.3) is 0 Å². The molecule has 4 heteroatoms. The van der Waals surface area contributed by atoms with E-state index in [9.17, 15) is 8.78 Å². The number of nitrogens with two attached hydrogens (primary N) is 1. The third-order valence-electron chi connectivity index (χ3n) is 1.29. The van der Waals surface area contributed by atoms with Gasteiger partial charge in [-0.25, -0.2) is 8.78 Å². The highest BCUT2D eigenvalue weighted by molar-refractivity contribution is 6.31. The fourth-order valence-electron chi connectivity index (χ4n) is 0.758. The lowest BCUT2D eigenvalue weighted by molar-refractivity contribution is 0.580. The standard InChI is InChI=1S/C7H6ClF2N/c8-7-4(3-11)1-5(9)2-6(7)10/h1-2H,3,11H2. The van der Waals surface area contributed by atoms with Crippen LogP contribution in [0.15, 0.2) is 12.1 Å². The van der Waals surface area contributed by atoms with E-state index < -0.39 is 11.6 Å². The van der Waals surface area contributed by atoms with Gasteiger partial charge in [-0.3, -0.25) is 0 Å². The van der Waals surface area contributed by atoms with Crippen molar-refractivity contribution in [3.63, 3.8) is 0 Å². The summed E-state index contributed by atoms with van der Waals surface area (Å²) in [6.07, 6.45) is 0. The summed E-state index contributed by atoms with van der Waals surface area (Å²) in [5.74, 6) is -1.43. The maximum atomic E-state index is 12.6. The molecule has 1 aromatic rings. The summed E-state index contributed by atoms with van der Waals surface area (Å²) >= 11 is 5.44. The van der Waals surface area contributed by atoms with E-state index in [-0.39, 0.29) is 17.1 Å². The van der Waals surface area contributed by atoms with Crippen molar-refractivity contribution in [3.8, 4) is 0 Å². The molecule has 1 aromatic carbocycles. The maximum Gasteiger partial charge on any atom is 0.145 e. The molecule has 0 aliphatic heterocycles. The van der Waals surface area contributed by atoms with Crippen molar-refractivity contribution in [1.82, 2.24) is 0 Å². The van der Waals surface area contributed by atoms with Crippen molar-refractivity contribution in [2.45, 2.75) is 6.54 Å². The SMILES string of the molecule is NCc1cc(F)cc(F)c1Cl. The molecule has 0 saturated heterocycles. The minimum Gasteiger partial charge on any atom is -0.326 e. The summed E-state index contributed by atoms with van der Waals surface area (Å²) in [4.78, 5) is 0. The second kappa shape index (κ2) is 3.15. The normalized spacial score (nSPS) is 10.2. The predicted molar refractivity (Wildman–Crippen MR) is 39.3 cm³/mol. The highest BCUT2D eigenvalue weighted by Gasteiger charge is 2.06. The summed E-state index contributed by atoms with van der Waals surface area (Å²) in [6, 6.07) is 1.84. The van der Waals surface area contributed by atoms with Crippen LogP contribution in [0, 0.1) is 11.6 Å². The molecule has 2 N–H and O–H groups in total. The molecule has 0 bridgehead atoms. The van der Waals surface area contributed by atoms with Crippen molar-refractivity contribution >= 4 is 11.6 Å². The molecular weight excluding hydrogens is 172 g/mol. The van der Waals surface area contributed by atoms with Gasteiger partial charge < -0.3 is 5.73 Å². The van der Waals surface area contributed by atoms with Gasteiger partial charge in [-0.2, -0.15) is 0 Å². The van der Waals surface area contributed by atoms with E-state index in [0.29, 0.717) is 0 Å². The number of benzene rings is 1. The minimum absolute atomic E-state index is 0.0352. The van der Waals surface area contributed by atoms with Crippen LogP contribution >= 0.6 is 11.6 Å². The zero-order chi connectivity index (χ0) is 8.43. The lowest BCUT2D eigenvalue weighted by Gasteiger charge is -2.01.